The molecule has 0 aliphatic rings. The van der Waals surface area contributed by atoms with Gasteiger partial charge in [-0.05, 0) is 12.1 Å². The van der Waals surface area contributed by atoms with Crippen molar-refractivity contribution in [3.63, 3.8) is 0 Å². The fourth-order valence-corrected chi connectivity index (χ4v) is 2.38. The van der Waals surface area contributed by atoms with E-state index in [1.807, 2.05) is 24.3 Å². The number of aromatic nitrogens is 3. The molecule has 0 saturated carbocycles. The Morgan fingerprint density at radius 2 is 2.25 bits per heavy atom. The molecule has 2 heterocycles. The van der Waals surface area contributed by atoms with E-state index in [0.717, 1.165) is 28.3 Å². The first-order valence-electron chi connectivity index (χ1n) is 6.30. The van der Waals surface area contributed by atoms with Crippen molar-refractivity contribution in [3.8, 4) is 5.75 Å². The smallest absolute Gasteiger partial charge is 0.124 e. The number of halogens is 1. The summed E-state index contributed by atoms with van der Waals surface area (Å²) in [5, 5.41) is 3.95. The zero-order chi connectivity index (χ0) is 13.9. The summed E-state index contributed by atoms with van der Waals surface area (Å²) in [6, 6.07) is 7.67. The third kappa shape index (κ3) is 2.36. The van der Waals surface area contributed by atoms with Gasteiger partial charge in [-0.15, -0.1) is 11.6 Å². The number of hydrogen-bond donors (Lipinski definition) is 0. The van der Waals surface area contributed by atoms with Crippen LogP contribution in [0.4, 0.5) is 0 Å². The van der Waals surface area contributed by atoms with E-state index in [0.29, 0.717) is 18.8 Å². The van der Waals surface area contributed by atoms with Gasteiger partial charge >= 0.3 is 0 Å². The van der Waals surface area contributed by atoms with Gasteiger partial charge in [0.2, 0.25) is 0 Å². The van der Waals surface area contributed by atoms with Crippen LogP contribution in [-0.2, 0) is 13.0 Å². The molecule has 0 amide bonds. The van der Waals surface area contributed by atoms with E-state index in [2.05, 4.69) is 14.7 Å². The highest BCUT2D eigenvalue weighted by atomic mass is 35.5. The Hall–Kier alpha value is -2.01. The first kappa shape index (κ1) is 13.0. The largest absolute Gasteiger partial charge is 0.497 e. The van der Waals surface area contributed by atoms with Gasteiger partial charge in [-0.1, -0.05) is 5.16 Å². The summed E-state index contributed by atoms with van der Waals surface area (Å²) >= 11 is 5.86. The van der Waals surface area contributed by atoms with Crippen LogP contribution in [0.5, 0.6) is 5.75 Å². The lowest BCUT2D eigenvalue weighted by Gasteiger charge is -2.07. The maximum absolute atomic E-state index is 5.86. The van der Waals surface area contributed by atoms with Crippen molar-refractivity contribution in [2.24, 2.45) is 0 Å². The number of alkyl halides is 1. The quantitative estimate of drug-likeness (QED) is 0.678. The molecule has 5 nitrogen and oxygen atoms in total. The number of fused-ring (bicyclic) bond motifs is 1. The summed E-state index contributed by atoms with van der Waals surface area (Å²) in [4.78, 5) is 4.62. The maximum Gasteiger partial charge on any atom is 0.124 e. The summed E-state index contributed by atoms with van der Waals surface area (Å²) in [7, 11) is 1.65. The molecular formula is C14H14ClN3O2. The van der Waals surface area contributed by atoms with Gasteiger partial charge in [-0.2, -0.15) is 0 Å². The van der Waals surface area contributed by atoms with E-state index in [1.165, 1.54) is 0 Å². The van der Waals surface area contributed by atoms with E-state index in [4.69, 9.17) is 20.9 Å². The molecule has 3 aromatic rings. The van der Waals surface area contributed by atoms with Gasteiger partial charge in [0.05, 0.1) is 24.7 Å². The van der Waals surface area contributed by atoms with Crippen LogP contribution in [0.25, 0.3) is 11.0 Å². The summed E-state index contributed by atoms with van der Waals surface area (Å²) in [5.74, 6) is 2.27. The van der Waals surface area contributed by atoms with Gasteiger partial charge in [0, 0.05) is 24.4 Å². The minimum absolute atomic E-state index is 0.527. The molecule has 0 atom stereocenters. The van der Waals surface area contributed by atoms with Gasteiger partial charge in [-0.25, -0.2) is 4.98 Å². The Morgan fingerprint density at radius 1 is 1.35 bits per heavy atom. The van der Waals surface area contributed by atoms with Crippen molar-refractivity contribution in [3.05, 3.63) is 42.0 Å². The second kappa shape index (κ2) is 5.54. The van der Waals surface area contributed by atoms with E-state index in [9.17, 15) is 0 Å². The van der Waals surface area contributed by atoms with Gasteiger partial charge in [0.25, 0.3) is 0 Å². The van der Waals surface area contributed by atoms with Gasteiger partial charge < -0.3 is 13.8 Å². The second-order valence-corrected chi connectivity index (χ2v) is 4.78. The van der Waals surface area contributed by atoms with Crippen molar-refractivity contribution in [1.82, 2.24) is 14.7 Å². The second-order valence-electron chi connectivity index (χ2n) is 4.40. The molecule has 0 aliphatic carbocycles. The lowest BCUT2D eigenvalue weighted by Crippen LogP contribution is -2.06. The molecule has 0 unspecified atom stereocenters. The predicted molar refractivity (Wildman–Crippen MR) is 76.3 cm³/mol. The number of imidazole rings is 1. The number of methoxy groups -OCH3 is 1. The number of hydrogen-bond acceptors (Lipinski definition) is 4. The van der Waals surface area contributed by atoms with Crippen LogP contribution in [0.2, 0.25) is 0 Å². The Labute approximate surface area is 121 Å². The first-order chi connectivity index (χ1) is 9.81. The van der Waals surface area contributed by atoms with Gasteiger partial charge in [0.15, 0.2) is 0 Å². The van der Waals surface area contributed by atoms with E-state index in [1.54, 1.807) is 13.4 Å². The lowest BCUT2D eigenvalue weighted by atomic mass is 10.3. The van der Waals surface area contributed by atoms with Gasteiger partial charge in [-0.3, -0.25) is 0 Å². The highest BCUT2D eigenvalue weighted by Gasteiger charge is 2.12. The van der Waals surface area contributed by atoms with Crippen LogP contribution in [0.3, 0.4) is 0 Å². The van der Waals surface area contributed by atoms with E-state index < -0.39 is 0 Å². The van der Waals surface area contributed by atoms with Crippen LogP contribution < -0.4 is 4.74 Å². The number of benzene rings is 1. The minimum Gasteiger partial charge on any atom is -0.497 e. The Balaban J connectivity index is 2.11. The normalized spacial score (nSPS) is 11.1. The monoisotopic (exact) mass is 291 g/mol. The molecule has 0 spiro atoms. The Kier molecular flexibility index (Phi) is 3.60. The molecule has 0 saturated heterocycles. The SMILES string of the molecule is COc1ccc2nc(CCCl)n(Cc3ccon3)c2c1. The molecule has 0 N–H and O–H groups in total. The number of ether oxygens (including phenoxy) is 1. The molecule has 0 radical (unpaired) electrons. The van der Waals surface area contributed by atoms with Crippen LogP contribution in [-0.4, -0.2) is 27.7 Å². The van der Waals surface area contributed by atoms with Crippen LogP contribution in [0.15, 0.2) is 35.1 Å². The summed E-state index contributed by atoms with van der Waals surface area (Å²) in [6.07, 6.45) is 2.27. The zero-order valence-electron chi connectivity index (χ0n) is 11.0. The standard InChI is InChI=1S/C14H14ClN3O2/c1-19-11-2-3-12-13(8-11)18(14(16-12)4-6-15)9-10-5-7-20-17-10/h2-3,5,7-8H,4,6,9H2,1H3. The topological polar surface area (TPSA) is 53.1 Å². The van der Waals surface area contributed by atoms with Crippen molar-refractivity contribution < 1.29 is 9.26 Å². The Bertz CT molecular complexity index is 707. The molecule has 0 bridgehead atoms. The van der Waals surface area contributed by atoms with Crippen LogP contribution >= 0.6 is 11.6 Å². The van der Waals surface area contributed by atoms with E-state index in [-0.39, 0.29) is 0 Å². The Morgan fingerprint density at radius 3 is 2.95 bits per heavy atom. The average molecular weight is 292 g/mol. The summed E-state index contributed by atoms with van der Waals surface area (Å²) < 4.78 is 12.3. The number of rotatable bonds is 5. The molecule has 2 aromatic heterocycles. The predicted octanol–water partition coefficient (Wildman–Crippen LogP) is 2.86. The molecule has 1 aromatic carbocycles. The lowest BCUT2D eigenvalue weighted by molar-refractivity contribution is 0.409. The van der Waals surface area contributed by atoms with Crippen molar-refractivity contribution >= 4 is 22.6 Å². The fraction of sp³-hybridized carbons (Fsp3) is 0.286. The van der Waals surface area contributed by atoms with Crippen molar-refractivity contribution in [1.29, 1.82) is 0 Å². The van der Waals surface area contributed by atoms with Crippen LogP contribution in [0.1, 0.15) is 11.5 Å². The highest BCUT2D eigenvalue weighted by molar-refractivity contribution is 6.17. The molecule has 6 heteroatoms. The average Bonchev–Trinajstić information content (AvgIpc) is 3.08. The van der Waals surface area contributed by atoms with Crippen molar-refractivity contribution in [2.45, 2.75) is 13.0 Å². The molecule has 104 valence electrons. The molecule has 20 heavy (non-hydrogen) atoms. The first-order valence-corrected chi connectivity index (χ1v) is 6.83. The summed E-state index contributed by atoms with van der Waals surface area (Å²) in [5.41, 5.74) is 2.78. The molecule has 0 aliphatic heterocycles. The molecular weight excluding hydrogens is 278 g/mol. The van der Waals surface area contributed by atoms with E-state index >= 15 is 0 Å². The third-order valence-electron chi connectivity index (χ3n) is 3.16. The number of nitrogens with zero attached hydrogens (tertiary/aromatic N) is 3. The van der Waals surface area contributed by atoms with Gasteiger partial charge in [0.1, 0.15) is 23.5 Å². The van der Waals surface area contributed by atoms with Crippen LogP contribution in [0, 0.1) is 0 Å². The molecule has 0 fully saturated rings. The maximum atomic E-state index is 5.86. The minimum atomic E-state index is 0.527. The summed E-state index contributed by atoms with van der Waals surface area (Å²) in [6.45, 7) is 0.604. The van der Waals surface area contributed by atoms with Crippen molar-refractivity contribution in [2.75, 3.05) is 13.0 Å². The zero-order valence-corrected chi connectivity index (χ0v) is 11.8. The highest BCUT2D eigenvalue weighted by Crippen LogP contribution is 2.23. The number of aryl methyl sites for hydroxylation is 1. The molecule has 3 rings (SSSR count). The fourth-order valence-electron chi connectivity index (χ4n) is 2.21. The third-order valence-corrected chi connectivity index (χ3v) is 3.35.